The molecule has 0 unspecified atom stereocenters. The van der Waals surface area contributed by atoms with Gasteiger partial charge in [0.15, 0.2) is 0 Å². The molecule has 0 spiro atoms. The number of aliphatic imine (C=N–C) groups is 1. The SMILES string of the molecule is CC(=O)n1c(O)c(C(=Nc2ccc(CN3CCCCC3)cc2)c2ccccc2)c2cc(NC(=O)Cc3ccccc3)ccc21. The number of aromatic nitrogens is 1. The lowest BCUT2D eigenvalue weighted by Crippen LogP contribution is -2.28. The van der Waals surface area contributed by atoms with Crippen molar-refractivity contribution in [3.63, 3.8) is 0 Å². The van der Waals surface area contributed by atoms with Crippen LogP contribution in [0.4, 0.5) is 11.4 Å². The second-order valence-corrected chi connectivity index (χ2v) is 11.3. The van der Waals surface area contributed by atoms with Gasteiger partial charge in [-0.3, -0.25) is 19.1 Å². The molecule has 7 nitrogen and oxygen atoms in total. The number of carbonyl (C=O) groups excluding carboxylic acids is 2. The van der Waals surface area contributed by atoms with Crippen molar-refractivity contribution >= 4 is 39.8 Å². The van der Waals surface area contributed by atoms with Crippen LogP contribution in [-0.2, 0) is 17.8 Å². The molecule has 0 saturated carbocycles. The smallest absolute Gasteiger partial charge is 0.230 e. The van der Waals surface area contributed by atoms with Crippen LogP contribution in [0.25, 0.3) is 10.9 Å². The Morgan fingerprint density at radius 3 is 2.18 bits per heavy atom. The molecule has 2 N–H and O–H groups in total. The summed E-state index contributed by atoms with van der Waals surface area (Å²) in [5, 5.41) is 15.1. The molecule has 7 heteroatoms. The van der Waals surface area contributed by atoms with Gasteiger partial charge in [0.2, 0.25) is 17.7 Å². The highest BCUT2D eigenvalue weighted by Crippen LogP contribution is 2.36. The van der Waals surface area contributed by atoms with Gasteiger partial charge >= 0.3 is 0 Å². The lowest BCUT2D eigenvalue weighted by Gasteiger charge is -2.26. The average molecular weight is 585 g/mol. The predicted octanol–water partition coefficient (Wildman–Crippen LogP) is 7.34. The van der Waals surface area contributed by atoms with Crippen molar-refractivity contribution in [2.75, 3.05) is 18.4 Å². The molecule has 6 rings (SSSR count). The Balaban J connectivity index is 1.40. The minimum atomic E-state index is -0.325. The van der Waals surface area contributed by atoms with Gasteiger partial charge in [0, 0.05) is 30.1 Å². The summed E-state index contributed by atoms with van der Waals surface area (Å²) < 4.78 is 1.29. The Kier molecular flexibility index (Phi) is 8.66. The molecule has 4 aromatic carbocycles. The molecule has 0 radical (unpaired) electrons. The van der Waals surface area contributed by atoms with Gasteiger partial charge in [-0.25, -0.2) is 4.99 Å². The second-order valence-electron chi connectivity index (χ2n) is 11.3. The van der Waals surface area contributed by atoms with Crippen LogP contribution in [0.1, 0.15) is 53.2 Å². The van der Waals surface area contributed by atoms with E-state index in [-0.39, 0.29) is 24.1 Å². The first-order valence-corrected chi connectivity index (χ1v) is 15.1. The van der Waals surface area contributed by atoms with E-state index in [1.807, 2.05) is 72.8 Å². The van der Waals surface area contributed by atoms with Crippen molar-refractivity contribution < 1.29 is 14.7 Å². The van der Waals surface area contributed by atoms with Crippen molar-refractivity contribution in [3.8, 4) is 5.88 Å². The standard InChI is InChI=1S/C37H36N4O3/c1-26(42)41-33-20-19-31(38-34(43)23-27-11-5-2-6-12-27)24-32(33)35(37(41)44)36(29-13-7-3-8-14-29)39-30-17-15-28(16-18-30)25-40-21-9-4-10-22-40/h2-3,5-8,11-20,24,44H,4,9-10,21-23,25H2,1H3,(H,38,43). The minimum absolute atomic E-state index is 0.158. The van der Waals surface area contributed by atoms with Crippen LogP contribution in [0.2, 0.25) is 0 Å². The summed E-state index contributed by atoms with van der Waals surface area (Å²) in [6, 6.07) is 32.7. The molecule has 2 heterocycles. The Morgan fingerprint density at radius 1 is 0.818 bits per heavy atom. The maximum atomic E-state index is 12.9. The largest absolute Gasteiger partial charge is 0.494 e. The van der Waals surface area contributed by atoms with E-state index in [0.717, 1.165) is 36.4 Å². The number of aromatic hydroxyl groups is 1. The number of fused-ring (bicyclic) bond motifs is 1. The highest BCUT2D eigenvalue weighted by molar-refractivity contribution is 6.23. The summed E-state index contributed by atoms with van der Waals surface area (Å²) in [4.78, 5) is 33.2. The number of hydrogen-bond donors (Lipinski definition) is 2. The monoisotopic (exact) mass is 584 g/mol. The molecule has 222 valence electrons. The van der Waals surface area contributed by atoms with E-state index in [1.165, 1.54) is 36.3 Å². The van der Waals surface area contributed by atoms with Crippen LogP contribution in [0, 0.1) is 0 Å². The topological polar surface area (TPSA) is 86.9 Å². The van der Waals surface area contributed by atoms with Crippen molar-refractivity contribution in [3.05, 3.63) is 125 Å². The minimum Gasteiger partial charge on any atom is -0.494 e. The molecular formula is C37H36N4O3. The zero-order valence-corrected chi connectivity index (χ0v) is 24.9. The fourth-order valence-corrected chi connectivity index (χ4v) is 5.94. The molecule has 44 heavy (non-hydrogen) atoms. The van der Waals surface area contributed by atoms with Crippen molar-refractivity contribution in [2.24, 2.45) is 4.99 Å². The molecule has 1 aromatic heterocycles. The fraction of sp³-hybridized carbons (Fsp3) is 0.216. The normalized spacial score (nSPS) is 14.1. The van der Waals surface area contributed by atoms with E-state index in [1.54, 1.807) is 18.2 Å². The summed E-state index contributed by atoms with van der Waals surface area (Å²) in [5.74, 6) is -0.674. The quantitative estimate of drug-likeness (QED) is 0.187. The number of nitrogens with one attached hydrogen (secondary N) is 1. The maximum absolute atomic E-state index is 12.9. The zero-order valence-electron chi connectivity index (χ0n) is 24.9. The summed E-state index contributed by atoms with van der Waals surface area (Å²) in [7, 11) is 0. The molecule has 0 atom stereocenters. The van der Waals surface area contributed by atoms with Crippen LogP contribution in [0.15, 0.2) is 108 Å². The summed E-state index contributed by atoms with van der Waals surface area (Å²) >= 11 is 0. The Labute approximate surface area is 257 Å². The van der Waals surface area contributed by atoms with Crippen molar-refractivity contribution in [2.45, 2.75) is 39.2 Å². The first-order chi connectivity index (χ1) is 21.5. The van der Waals surface area contributed by atoms with Crippen molar-refractivity contribution in [1.29, 1.82) is 0 Å². The highest BCUT2D eigenvalue weighted by Gasteiger charge is 2.25. The van der Waals surface area contributed by atoms with Crippen LogP contribution >= 0.6 is 0 Å². The lowest BCUT2D eigenvalue weighted by atomic mass is 10.0. The summed E-state index contributed by atoms with van der Waals surface area (Å²) in [5.41, 5.74) is 5.73. The van der Waals surface area contributed by atoms with Crippen molar-refractivity contribution in [1.82, 2.24) is 9.47 Å². The molecule has 1 fully saturated rings. The highest BCUT2D eigenvalue weighted by atomic mass is 16.3. The number of carbonyl (C=O) groups is 2. The molecule has 1 saturated heterocycles. The Bertz CT molecular complexity index is 1800. The predicted molar refractivity (Wildman–Crippen MR) is 176 cm³/mol. The van der Waals surface area contributed by atoms with Gasteiger partial charge in [-0.2, -0.15) is 0 Å². The zero-order chi connectivity index (χ0) is 30.5. The number of rotatable bonds is 8. The van der Waals surface area contributed by atoms with Gasteiger partial charge in [0.1, 0.15) is 0 Å². The van der Waals surface area contributed by atoms with E-state index >= 15 is 0 Å². The van der Waals surface area contributed by atoms with E-state index in [2.05, 4.69) is 22.3 Å². The fourth-order valence-electron chi connectivity index (χ4n) is 5.94. The van der Waals surface area contributed by atoms with E-state index in [0.29, 0.717) is 27.9 Å². The first kappa shape index (κ1) is 29.1. The average Bonchev–Trinajstić information content (AvgIpc) is 3.33. The number of nitrogens with zero attached hydrogens (tertiary/aromatic N) is 3. The molecule has 0 aliphatic carbocycles. The number of hydrogen-bond acceptors (Lipinski definition) is 5. The number of likely N-dealkylation sites (tertiary alicyclic amines) is 1. The third-order valence-electron chi connectivity index (χ3n) is 8.06. The van der Waals surface area contributed by atoms with Gasteiger partial charge in [-0.1, -0.05) is 79.2 Å². The molecule has 5 aromatic rings. The molecule has 1 aliphatic heterocycles. The number of anilines is 1. The lowest BCUT2D eigenvalue weighted by molar-refractivity contribution is -0.115. The number of amides is 1. The van der Waals surface area contributed by atoms with E-state index in [4.69, 9.17) is 4.99 Å². The molecule has 1 aliphatic rings. The number of benzene rings is 4. The maximum Gasteiger partial charge on any atom is 0.230 e. The first-order valence-electron chi connectivity index (χ1n) is 15.1. The Morgan fingerprint density at radius 2 is 1.50 bits per heavy atom. The summed E-state index contributed by atoms with van der Waals surface area (Å²) in [6.07, 6.45) is 4.04. The molecule has 0 bridgehead atoms. The van der Waals surface area contributed by atoms with Gasteiger partial charge < -0.3 is 10.4 Å². The van der Waals surface area contributed by atoms with Crippen LogP contribution in [0.3, 0.4) is 0 Å². The van der Waals surface area contributed by atoms with Crippen LogP contribution < -0.4 is 5.32 Å². The van der Waals surface area contributed by atoms with E-state index in [9.17, 15) is 14.7 Å². The molecule has 1 amide bonds. The third-order valence-corrected chi connectivity index (χ3v) is 8.06. The molecular weight excluding hydrogens is 548 g/mol. The third kappa shape index (κ3) is 6.48. The van der Waals surface area contributed by atoms with Gasteiger partial charge in [-0.05, 0) is 67.4 Å². The van der Waals surface area contributed by atoms with Gasteiger partial charge in [0.05, 0.1) is 28.9 Å². The number of piperidine rings is 1. The summed E-state index contributed by atoms with van der Waals surface area (Å²) in [6.45, 7) is 4.60. The Hall–Kier alpha value is -5.01. The second kappa shape index (κ2) is 13.1. The van der Waals surface area contributed by atoms with Gasteiger partial charge in [0.25, 0.3) is 0 Å². The van der Waals surface area contributed by atoms with Crippen LogP contribution in [0.5, 0.6) is 5.88 Å². The van der Waals surface area contributed by atoms with Crippen LogP contribution in [-0.4, -0.2) is 45.2 Å². The van der Waals surface area contributed by atoms with Gasteiger partial charge in [-0.15, -0.1) is 0 Å². The van der Waals surface area contributed by atoms with E-state index < -0.39 is 0 Å².